The van der Waals surface area contributed by atoms with Crippen molar-refractivity contribution in [1.82, 2.24) is 5.32 Å². The first-order chi connectivity index (χ1) is 6.43. The quantitative estimate of drug-likeness (QED) is 0.720. The molecule has 0 radical (unpaired) electrons. The van der Waals surface area contributed by atoms with E-state index in [4.69, 9.17) is 5.11 Å². The Morgan fingerprint density at radius 2 is 2.29 bits per heavy atom. The van der Waals surface area contributed by atoms with E-state index < -0.39 is 6.10 Å². The minimum Gasteiger partial charge on any atom is -0.392 e. The maximum Gasteiger partial charge on any atom is 0.223 e. The number of carbonyl (C=O) groups excluding carboxylic acids is 1. The van der Waals surface area contributed by atoms with Crippen LogP contribution < -0.4 is 5.32 Å². The van der Waals surface area contributed by atoms with Gasteiger partial charge in [-0.05, 0) is 25.2 Å². The molecule has 0 aromatic rings. The Kier molecular flexibility index (Phi) is 3.53. The van der Waals surface area contributed by atoms with Gasteiger partial charge in [-0.3, -0.25) is 4.79 Å². The van der Waals surface area contributed by atoms with Gasteiger partial charge in [0.15, 0.2) is 0 Å². The molecule has 3 heteroatoms. The van der Waals surface area contributed by atoms with Crippen LogP contribution in [0.3, 0.4) is 0 Å². The maximum atomic E-state index is 11.7. The molecule has 1 aliphatic rings. The Morgan fingerprint density at radius 3 is 2.71 bits per heavy atom. The lowest BCUT2D eigenvalue weighted by Gasteiger charge is -2.26. The van der Waals surface area contributed by atoms with Crippen LogP contribution in [-0.4, -0.2) is 23.7 Å². The second kappa shape index (κ2) is 4.30. The summed E-state index contributed by atoms with van der Waals surface area (Å²) in [5.41, 5.74) is 0.128. The van der Waals surface area contributed by atoms with E-state index in [0.717, 1.165) is 19.3 Å². The van der Waals surface area contributed by atoms with Crippen molar-refractivity contribution in [2.45, 2.75) is 46.1 Å². The molecular formula is C11H21NO2. The zero-order chi connectivity index (χ0) is 10.8. The van der Waals surface area contributed by atoms with Crippen LogP contribution in [0, 0.1) is 11.3 Å². The number of aliphatic hydroxyl groups excluding tert-OH is 1. The van der Waals surface area contributed by atoms with Gasteiger partial charge in [-0.25, -0.2) is 0 Å². The van der Waals surface area contributed by atoms with E-state index in [2.05, 4.69) is 19.2 Å². The molecule has 1 saturated carbocycles. The summed E-state index contributed by atoms with van der Waals surface area (Å²) in [5.74, 6) is 0.231. The van der Waals surface area contributed by atoms with Crippen molar-refractivity contribution >= 4 is 5.91 Å². The maximum absolute atomic E-state index is 11.7. The fourth-order valence-electron chi connectivity index (χ4n) is 2.18. The summed E-state index contributed by atoms with van der Waals surface area (Å²) in [5, 5.41) is 11.9. The first kappa shape index (κ1) is 11.5. The smallest absolute Gasteiger partial charge is 0.223 e. The van der Waals surface area contributed by atoms with Gasteiger partial charge in [-0.2, -0.15) is 0 Å². The van der Waals surface area contributed by atoms with Crippen molar-refractivity contribution in [2.24, 2.45) is 11.3 Å². The molecule has 0 aromatic carbocycles. The Labute approximate surface area is 85.9 Å². The summed E-state index contributed by atoms with van der Waals surface area (Å²) in [4.78, 5) is 11.7. The van der Waals surface area contributed by atoms with Gasteiger partial charge in [0.2, 0.25) is 5.91 Å². The second-order valence-electron chi connectivity index (χ2n) is 5.03. The third-order valence-corrected chi connectivity index (χ3v) is 3.15. The Morgan fingerprint density at radius 1 is 1.64 bits per heavy atom. The molecule has 14 heavy (non-hydrogen) atoms. The predicted molar refractivity (Wildman–Crippen MR) is 55.8 cm³/mol. The average Bonchev–Trinajstić information content (AvgIpc) is 2.41. The molecule has 2 unspecified atom stereocenters. The van der Waals surface area contributed by atoms with Crippen molar-refractivity contribution < 1.29 is 9.90 Å². The summed E-state index contributed by atoms with van der Waals surface area (Å²) < 4.78 is 0. The van der Waals surface area contributed by atoms with Crippen molar-refractivity contribution in [1.29, 1.82) is 0 Å². The number of nitrogens with one attached hydrogen (secondary N) is 1. The van der Waals surface area contributed by atoms with E-state index in [1.54, 1.807) is 6.92 Å². The lowest BCUT2D eigenvalue weighted by Crippen LogP contribution is -2.39. The Balaban J connectivity index is 2.44. The molecule has 0 aromatic heterocycles. The molecule has 0 heterocycles. The lowest BCUT2D eigenvalue weighted by molar-refractivity contribution is -0.128. The first-order valence-electron chi connectivity index (χ1n) is 5.39. The van der Waals surface area contributed by atoms with E-state index in [-0.39, 0.29) is 17.2 Å². The zero-order valence-electron chi connectivity index (χ0n) is 9.34. The zero-order valence-corrected chi connectivity index (χ0v) is 9.34. The van der Waals surface area contributed by atoms with Crippen LogP contribution >= 0.6 is 0 Å². The molecule has 1 aliphatic carbocycles. The first-order valence-corrected chi connectivity index (χ1v) is 5.39. The van der Waals surface area contributed by atoms with Crippen LogP contribution in [0.25, 0.3) is 0 Å². The summed E-state index contributed by atoms with van der Waals surface area (Å²) >= 11 is 0. The molecule has 0 saturated heterocycles. The highest BCUT2D eigenvalue weighted by atomic mass is 16.3. The molecule has 0 aliphatic heterocycles. The SMILES string of the molecule is CC(O)CNC(=O)C1CCCC1(C)C. The van der Waals surface area contributed by atoms with Crippen molar-refractivity contribution in [3.63, 3.8) is 0 Å². The molecular weight excluding hydrogens is 178 g/mol. The summed E-state index contributed by atoms with van der Waals surface area (Å²) in [6, 6.07) is 0. The highest BCUT2D eigenvalue weighted by molar-refractivity contribution is 5.79. The van der Waals surface area contributed by atoms with Gasteiger partial charge in [-0.15, -0.1) is 0 Å². The van der Waals surface area contributed by atoms with E-state index >= 15 is 0 Å². The average molecular weight is 199 g/mol. The van der Waals surface area contributed by atoms with Crippen molar-refractivity contribution in [3.05, 3.63) is 0 Å². The molecule has 2 N–H and O–H groups in total. The third-order valence-electron chi connectivity index (χ3n) is 3.15. The van der Waals surface area contributed by atoms with Crippen molar-refractivity contribution in [3.8, 4) is 0 Å². The van der Waals surface area contributed by atoms with Gasteiger partial charge in [0.25, 0.3) is 0 Å². The molecule has 0 spiro atoms. The van der Waals surface area contributed by atoms with Crippen LogP contribution in [0.2, 0.25) is 0 Å². The number of aliphatic hydroxyl groups is 1. The minimum atomic E-state index is -0.455. The van der Waals surface area contributed by atoms with Crippen LogP contribution in [0.5, 0.6) is 0 Å². The van der Waals surface area contributed by atoms with Crippen molar-refractivity contribution in [2.75, 3.05) is 6.54 Å². The molecule has 1 rings (SSSR count). The number of hydrogen-bond acceptors (Lipinski definition) is 2. The van der Waals surface area contributed by atoms with Crippen LogP contribution in [0.15, 0.2) is 0 Å². The number of hydrogen-bond donors (Lipinski definition) is 2. The van der Waals surface area contributed by atoms with Crippen LogP contribution in [-0.2, 0) is 4.79 Å². The lowest BCUT2D eigenvalue weighted by atomic mass is 9.81. The Bertz CT molecular complexity index is 211. The second-order valence-corrected chi connectivity index (χ2v) is 5.03. The van der Waals surface area contributed by atoms with Gasteiger partial charge in [0, 0.05) is 12.5 Å². The van der Waals surface area contributed by atoms with E-state index in [1.165, 1.54) is 0 Å². The summed E-state index contributed by atoms with van der Waals surface area (Å²) in [6.07, 6.45) is 2.79. The fourth-order valence-corrected chi connectivity index (χ4v) is 2.18. The van der Waals surface area contributed by atoms with E-state index in [1.807, 2.05) is 0 Å². The number of rotatable bonds is 3. The third kappa shape index (κ3) is 2.71. The monoisotopic (exact) mass is 199 g/mol. The molecule has 2 atom stereocenters. The highest BCUT2D eigenvalue weighted by Gasteiger charge is 2.38. The largest absolute Gasteiger partial charge is 0.392 e. The number of amides is 1. The van der Waals surface area contributed by atoms with Gasteiger partial charge in [0.1, 0.15) is 0 Å². The van der Waals surface area contributed by atoms with Gasteiger partial charge in [0.05, 0.1) is 6.10 Å². The van der Waals surface area contributed by atoms with Gasteiger partial charge >= 0.3 is 0 Å². The summed E-state index contributed by atoms with van der Waals surface area (Å²) in [6.45, 7) is 6.34. The van der Waals surface area contributed by atoms with Gasteiger partial charge < -0.3 is 10.4 Å². The Hall–Kier alpha value is -0.570. The predicted octanol–water partition coefficient (Wildman–Crippen LogP) is 1.31. The minimum absolute atomic E-state index is 0.105. The summed E-state index contributed by atoms with van der Waals surface area (Å²) in [7, 11) is 0. The van der Waals surface area contributed by atoms with E-state index in [9.17, 15) is 4.79 Å². The van der Waals surface area contributed by atoms with Crippen LogP contribution in [0.1, 0.15) is 40.0 Å². The molecule has 0 bridgehead atoms. The molecule has 3 nitrogen and oxygen atoms in total. The molecule has 1 fully saturated rings. The normalized spacial score (nSPS) is 27.3. The standard InChI is InChI=1S/C11H21NO2/c1-8(13)7-12-10(14)9-5-4-6-11(9,2)3/h8-9,13H,4-7H2,1-3H3,(H,12,14). The molecule has 82 valence electrons. The fraction of sp³-hybridized carbons (Fsp3) is 0.909. The topological polar surface area (TPSA) is 49.3 Å². The van der Waals surface area contributed by atoms with Gasteiger partial charge in [-0.1, -0.05) is 20.3 Å². The molecule has 1 amide bonds. The number of carbonyl (C=O) groups is 1. The van der Waals surface area contributed by atoms with E-state index in [0.29, 0.717) is 6.54 Å². The van der Waals surface area contributed by atoms with Crippen LogP contribution in [0.4, 0.5) is 0 Å². The highest BCUT2D eigenvalue weighted by Crippen LogP contribution is 2.42.